The summed E-state index contributed by atoms with van der Waals surface area (Å²) in [6.45, 7) is 0. The summed E-state index contributed by atoms with van der Waals surface area (Å²) in [4.78, 5) is 16.7. The Kier molecular flexibility index (Phi) is 5.53. The van der Waals surface area contributed by atoms with Crippen LogP contribution in [0.2, 0.25) is 0 Å². The predicted molar refractivity (Wildman–Crippen MR) is 126 cm³/mol. The molecule has 0 radical (unpaired) electrons. The zero-order valence-corrected chi connectivity index (χ0v) is 17.9. The minimum Gasteiger partial charge on any atom is -0.454 e. The van der Waals surface area contributed by atoms with Crippen LogP contribution >= 0.6 is 0 Å². The zero-order chi connectivity index (χ0) is 24.6. The summed E-state index contributed by atoms with van der Waals surface area (Å²) in [5.74, 6) is 1.37. The fourth-order valence-corrected chi connectivity index (χ4v) is 3.73. The molecule has 1 aromatic heterocycles. The summed E-state index contributed by atoms with van der Waals surface area (Å²) in [7, 11) is 0. The smallest absolute Gasteiger partial charge is 0.416 e. The Labute approximate surface area is 196 Å². The number of amides is 2. The van der Waals surface area contributed by atoms with E-state index in [0.29, 0.717) is 39.5 Å². The lowest BCUT2D eigenvalue weighted by Gasteiger charge is -2.15. The Hall–Kier alpha value is -4.51. The summed E-state index contributed by atoms with van der Waals surface area (Å²) in [5.41, 5.74) is 0.0952. The van der Waals surface area contributed by atoms with Crippen LogP contribution in [0.15, 0.2) is 72.9 Å². The first-order valence-electron chi connectivity index (χ1n) is 10.4. The standard InChI is InChI=1S/C24H18F3N5O3/c25-24(26,27)13-4-3-5-14(12-13)29-22(33)30-17-8-9-18(16-7-2-1-6-15(16)17)35-19-10-11-28-21-20(19)31-23(34)32-21/h1-12,23,31,34H,(H,28,32)(H2,29,30,33). The molecule has 5 rings (SSSR count). The van der Waals surface area contributed by atoms with E-state index in [1.54, 1.807) is 30.3 Å². The Balaban J connectivity index is 1.39. The molecule has 1 unspecified atom stereocenters. The number of urea groups is 1. The second-order valence-electron chi connectivity index (χ2n) is 7.64. The third-order valence-electron chi connectivity index (χ3n) is 5.27. The van der Waals surface area contributed by atoms with E-state index in [9.17, 15) is 23.1 Å². The van der Waals surface area contributed by atoms with E-state index in [2.05, 4.69) is 26.3 Å². The number of benzene rings is 3. The maximum absolute atomic E-state index is 12.9. The lowest BCUT2D eigenvalue weighted by molar-refractivity contribution is -0.137. The SMILES string of the molecule is O=C(Nc1cccc(C(F)(F)F)c1)Nc1ccc(Oc2ccnc3c2NC(O)N3)c2ccccc12. The van der Waals surface area contributed by atoms with Crippen LogP contribution in [-0.2, 0) is 6.18 Å². The van der Waals surface area contributed by atoms with Crippen LogP contribution in [0.25, 0.3) is 10.8 Å². The third kappa shape index (κ3) is 4.62. The largest absolute Gasteiger partial charge is 0.454 e. The summed E-state index contributed by atoms with van der Waals surface area (Å²) in [6, 6.07) is 15.8. The van der Waals surface area contributed by atoms with Gasteiger partial charge < -0.3 is 31.1 Å². The molecule has 2 amide bonds. The van der Waals surface area contributed by atoms with Crippen molar-refractivity contribution >= 4 is 39.7 Å². The van der Waals surface area contributed by atoms with E-state index < -0.39 is 24.1 Å². The van der Waals surface area contributed by atoms with Gasteiger partial charge in [-0.05, 0) is 30.3 Å². The fraction of sp³-hybridized carbons (Fsp3) is 0.0833. The molecule has 1 aliphatic heterocycles. The van der Waals surface area contributed by atoms with Crippen LogP contribution in [0, 0.1) is 0 Å². The number of hydrogen-bond acceptors (Lipinski definition) is 6. The van der Waals surface area contributed by atoms with Gasteiger partial charge in [-0.2, -0.15) is 13.2 Å². The first-order valence-corrected chi connectivity index (χ1v) is 10.4. The zero-order valence-electron chi connectivity index (χ0n) is 17.9. The average Bonchev–Trinajstić information content (AvgIpc) is 3.21. The topological polar surface area (TPSA) is 108 Å². The summed E-state index contributed by atoms with van der Waals surface area (Å²) >= 11 is 0. The van der Waals surface area contributed by atoms with Crippen LogP contribution in [0.4, 0.5) is 40.8 Å². The molecule has 4 aromatic rings. The monoisotopic (exact) mass is 481 g/mol. The lowest BCUT2D eigenvalue weighted by atomic mass is 10.1. The van der Waals surface area contributed by atoms with Crippen molar-refractivity contribution in [2.24, 2.45) is 0 Å². The molecule has 1 atom stereocenters. The molecular weight excluding hydrogens is 463 g/mol. The van der Waals surface area contributed by atoms with Crippen LogP contribution in [-0.4, -0.2) is 22.5 Å². The predicted octanol–water partition coefficient (Wildman–Crippen LogP) is 5.80. The molecule has 0 saturated carbocycles. The molecule has 0 spiro atoms. The molecule has 0 bridgehead atoms. The van der Waals surface area contributed by atoms with Gasteiger partial charge >= 0.3 is 12.2 Å². The minimum absolute atomic E-state index is 0.0106. The van der Waals surface area contributed by atoms with Crippen LogP contribution < -0.4 is 26.0 Å². The van der Waals surface area contributed by atoms with Crippen LogP contribution in [0.3, 0.4) is 0 Å². The highest BCUT2D eigenvalue weighted by molar-refractivity contribution is 6.07. The molecular formula is C24H18F3N5O3. The number of pyridine rings is 1. The van der Waals surface area contributed by atoms with Gasteiger partial charge in [0.15, 0.2) is 11.6 Å². The number of halogens is 3. The van der Waals surface area contributed by atoms with E-state index in [-0.39, 0.29) is 5.69 Å². The Morgan fingerprint density at radius 2 is 1.74 bits per heavy atom. The van der Waals surface area contributed by atoms with Crippen molar-refractivity contribution < 1.29 is 27.8 Å². The highest BCUT2D eigenvalue weighted by atomic mass is 19.4. The maximum Gasteiger partial charge on any atom is 0.416 e. The molecule has 3 aromatic carbocycles. The quantitative estimate of drug-likeness (QED) is 0.252. The number of aromatic nitrogens is 1. The number of hydrogen-bond donors (Lipinski definition) is 5. The Morgan fingerprint density at radius 1 is 0.943 bits per heavy atom. The molecule has 1 aliphatic rings. The van der Waals surface area contributed by atoms with Crippen molar-refractivity contribution in [3.8, 4) is 11.5 Å². The number of rotatable bonds is 4. The molecule has 0 aliphatic carbocycles. The van der Waals surface area contributed by atoms with Gasteiger partial charge in [-0.1, -0.05) is 30.3 Å². The van der Waals surface area contributed by atoms with Crippen LogP contribution in [0.5, 0.6) is 11.5 Å². The molecule has 2 heterocycles. The summed E-state index contributed by atoms with van der Waals surface area (Å²) in [5, 5.41) is 21.8. The number of alkyl halides is 3. The summed E-state index contributed by atoms with van der Waals surface area (Å²) < 4.78 is 44.9. The number of ether oxygens (including phenoxy) is 1. The Bertz CT molecular complexity index is 1430. The van der Waals surface area contributed by atoms with Gasteiger partial charge in [-0.25, -0.2) is 9.78 Å². The highest BCUT2D eigenvalue weighted by Gasteiger charge is 2.30. The van der Waals surface area contributed by atoms with Gasteiger partial charge in [0.2, 0.25) is 6.35 Å². The van der Waals surface area contributed by atoms with Gasteiger partial charge in [-0.15, -0.1) is 0 Å². The van der Waals surface area contributed by atoms with E-state index in [1.165, 1.54) is 18.3 Å². The van der Waals surface area contributed by atoms with Crippen molar-refractivity contribution in [3.63, 3.8) is 0 Å². The molecule has 0 fully saturated rings. The fourth-order valence-electron chi connectivity index (χ4n) is 3.73. The molecule has 178 valence electrons. The summed E-state index contributed by atoms with van der Waals surface area (Å²) in [6.07, 6.45) is -3.96. The number of aliphatic hydroxyl groups is 1. The first-order chi connectivity index (χ1) is 16.8. The molecule has 5 N–H and O–H groups in total. The first kappa shape index (κ1) is 22.3. The molecule has 0 saturated heterocycles. The van der Waals surface area contributed by atoms with E-state index >= 15 is 0 Å². The number of nitrogens with one attached hydrogen (secondary N) is 4. The number of nitrogens with zero attached hydrogens (tertiary/aromatic N) is 1. The van der Waals surface area contributed by atoms with Crippen molar-refractivity contribution in [3.05, 3.63) is 78.5 Å². The van der Waals surface area contributed by atoms with Crippen molar-refractivity contribution in [2.75, 3.05) is 21.3 Å². The molecule has 11 heteroatoms. The van der Waals surface area contributed by atoms with Gasteiger partial charge in [0, 0.05) is 28.7 Å². The second kappa shape index (κ2) is 8.69. The van der Waals surface area contributed by atoms with Gasteiger partial charge in [0.25, 0.3) is 0 Å². The van der Waals surface area contributed by atoms with Crippen molar-refractivity contribution in [1.82, 2.24) is 4.98 Å². The number of carbonyl (C=O) groups excluding carboxylic acids is 1. The highest BCUT2D eigenvalue weighted by Crippen LogP contribution is 2.41. The Morgan fingerprint density at radius 3 is 2.54 bits per heavy atom. The van der Waals surface area contributed by atoms with Crippen molar-refractivity contribution in [1.29, 1.82) is 0 Å². The van der Waals surface area contributed by atoms with E-state index in [4.69, 9.17) is 4.74 Å². The normalized spacial score (nSPS) is 14.6. The van der Waals surface area contributed by atoms with Gasteiger partial charge in [-0.3, -0.25) is 0 Å². The third-order valence-corrected chi connectivity index (χ3v) is 5.27. The maximum atomic E-state index is 12.9. The van der Waals surface area contributed by atoms with E-state index in [1.807, 2.05) is 12.1 Å². The van der Waals surface area contributed by atoms with Crippen LogP contribution in [0.1, 0.15) is 5.56 Å². The number of carbonyl (C=O) groups is 1. The van der Waals surface area contributed by atoms with Gasteiger partial charge in [0.05, 0.1) is 11.3 Å². The number of anilines is 4. The second-order valence-corrected chi connectivity index (χ2v) is 7.64. The van der Waals surface area contributed by atoms with E-state index in [0.717, 1.165) is 12.1 Å². The molecule has 35 heavy (non-hydrogen) atoms. The molecule has 8 nitrogen and oxygen atoms in total. The number of fused-ring (bicyclic) bond motifs is 2. The average molecular weight is 481 g/mol. The lowest BCUT2D eigenvalue weighted by Crippen LogP contribution is -2.20. The number of aliphatic hydroxyl groups excluding tert-OH is 1. The van der Waals surface area contributed by atoms with Gasteiger partial charge in [0.1, 0.15) is 11.4 Å². The van der Waals surface area contributed by atoms with Crippen molar-refractivity contribution in [2.45, 2.75) is 12.5 Å². The minimum atomic E-state index is -4.52.